The number of nitrogens with one attached hydrogen (secondary N) is 1. The first-order valence-electron chi connectivity index (χ1n) is 8.97. The van der Waals surface area contributed by atoms with Crippen LogP contribution < -0.4 is 5.32 Å². The Morgan fingerprint density at radius 3 is 2.89 bits per heavy atom. The maximum atomic E-state index is 12.4. The van der Waals surface area contributed by atoms with E-state index in [1.54, 1.807) is 6.20 Å². The Morgan fingerprint density at radius 1 is 1.11 bits per heavy atom. The molecule has 0 aliphatic heterocycles. The van der Waals surface area contributed by atoms with Gasteiger partial charge in [-0.1, -0.05) is 24.3 Å². The third-order valence-electron chi connectivity index (χ3n) is 4.28. The minimum absolute atomic E-state index is 0.0742. The summed E-state index contributed by atoms with van der Waals surface area (Å²) in [7, 11) is 0. The molecule has 0 saturated heterocycles. The summed E-state index contributed by atoms with van der Waals surface area (Å²) in [6.07, 6.45) is 5.10. The Morgan fingerprint density at radius 2 is 2.04 bits per heavy atom. The first-order valence-corrected chi connectivity index (χ1v) is 8.97. The summed E-state index contributed by atoms with van der Waals surface area (Å²) in [4.78, 5) is 16.8. The maximum absolute atomic E-state index is 12.4. The number of carbonyl (C=O) groups is 1. The van der Waals surface area contributed by atoms with Gasteiger partial charge in [-0.15, -0.1) is 0 Å². The molecule has 0 fully saturated rings. The van der Waals surface area contributed by atoms with Gasteiger partial charge in [0.05, 0.1) is 6.54 Å². The molecule has 0 unspecified atom stereocenters. The first kappa shape index (κ1) is 17.0. The van der Waals surface area contributed by atoms with Crippen LogP contribution in [0.4, 0.5) is 0 Å². The second kappa shape index (κ2) is 7.86. The molecule has 0 atom stereocenters. The van der Waals surface area contributed by atoms with Crippen molar-refractivity contribution in [2.45, 2.75) is 19.4 Å². The number of hydrogen-bond acceptors (Lipinski definition) is 4. The lowest BCUT2D eigenvalue weighted by Crippen LogP contribution is -2.25. The lowest BCUT2D eigenvalue weighted by atomic mass is 10.1. The van der Waals surface area contributed by atoms with Crippen LogP contribution in [0, 0.1) is 0 Å². The Labute approximate surface area is 156 Å². The van der Waals surface area contributed by atoms with Crippen molar-refractivity contribution in [1.82, 2.24) is 20.1 Å². The third-order valence-corrected chi connectivity index (χ3v) is 4.28. The average Bonchev–Trinajstić information content (AvgIpc) is 3.34. The summed E-state index contributed by atoms with van der Waals surface area (Å²) in [5, 5.41) is 7.15. The van der Waals surface area contributed by atoms with Crippen molar-refractivity contribution in [3.63, 3.8) is 0 Å². The van der Waals surface area contributed by atoms with Crippen LogP contribution in [0.2, 0.25) is 0 Å². The number of para-hydroxylation sites is 2. The summed E-state index contributed by atoms with van der Waals surface area (Å²) in [6, 6.07) is 17.2. The molecule has 0 aliphatic rings. The molecule has 136 valence electrons. The van der Waals surface area contributed by atoms with E-state index >= 15 is 0 Å². The molecule has 4 rings (SSSR count). The lowest BCUT2D eigenvalue weighted by Gasteiger charge is -2.07. The SMILES string of the molecule is O=C(NCCCc1nc2ccccc2o1)c1cccc(Cn2cccn2)c1. The molecule has 0 spiro atoms. The minimum atomic E-state index is -0.0742. The van der Waals surface area contributed by atoms with Crippen LogP contribution in [0.1, 0.15) is 28.2 Å². The number of benzene rings is 2. The fraction of sp³-hybridized carbons (Fsp3) is 0.190. The maximum Gasteiger partial charge on any atom is 0.251 e. The molecule has 0 bridgehead atoms. The monoisotopic (exact) mass is 360 g/mol. The van der Waals surface area contributed by atoms with Crippen LogP contribution in [0.25, 0.3) is 11.1 Å². The highest BCUT2D eigenvalue weighted by Gasteiger charge is 2.08. The topological polar surface area (TPSA) is 73.0 Å². The number of hydrogen-bond donors (Lipinski definition) is 1. The number of amides is 1. The largest absolute Gasteiger partial charge is 0.441 e. The zero-order valence-electron chi connectivity index (χ0n) is 14.8. The van der Waals surface area contributed by atoms with Crippen molar-refractivity contribution in [2.24, 2.45) is 0 Å². The van der Waals surface area contributed by atoms with E-state index in [0.29, 0.717) is 31.0 Å². The molecule has 6 heteroatoms. The van der Waals surface area contributed by atoms with Gasteiger partial charge in [-0.05, 0) is 42.3 Å². The molecule has 6 nitrogen and oxygen atoms in total. The number of fused-ring (bicyclic) bond motifs is 1. The van der Waals surface area contributed by atoms with E-state index in [1.165, 1.54) is 0 Å². The van der Waals surface area contributed by atoms with Gasteiger partial charge in [0.25, 0.3) is 5.91 Å². The molecular formula is C21H20N4O2. The van der Waals surface area contributed by atoms with Crippen molar-refractivity contribution in [3.8, 4) is 0 Å². The number of nitrogens with zero attached hydrogens (tertiary/aromatic N) is 3. The smallest absolute Gasteiger partial charge is 0.251 e. The quantitative estimate of drug-likeness (QED) is 0.513. The Kier molecular flexibility index (Phi) is 4.96. The number of oxazole rings is 1. The Hall–Kier alpha value is -3.41. The van der Waals surface area contributed by atoms with Crippen molar-refractivity contribution in [3.05, 3.63) is 84.0 Å². The molecule has 2 aromatic carbocycles. The first-order chi connectivity index (χ1) is 13.3. The van der Waals surface area contributed by atoms with Crippen LogP contribution in [0.15, 0.2) is 71.4 Å². The van der Waals surface area contributed by atoms with E-state index < -0.39 is 0 Å². The van der Waals surface area contributed by atoms with Gasteiger partial charge >= 0.3 is 0 Å². The Bertz CT molecular complexity index is 1000. The minimum Gasteiger partial charge on any atom is -0.441 e. The van der Waals surface area contributed by atoms with Gasteiger partial charge in [0, 0.05) is 30.9 Å². The molecule has 1 amide bonds. The van der Waals surface area contributed by atoms with Gasteiger partial charge in [-0.3, -0.25) is 9.48 Å². The number of aryl methyl sites for hydroxylation is 1. The summed E-state index contributed by atoms with van der Waals surface area (Å²) in [5.41, 5.74) is 3.36. The second-order valence-corrected chi connectivity index (χ2v) is 6.34. The van der Waals surface area contributed by atoms with Crippen molar-refractivity contribution in [1.29, 1.82) is 0 Å². The zero-order chi connectivity index (χ0) is 18.5. The van der Waals surface area contributed by atoms with Gasteiger partial charge in [0.2, 0.25) is 0 Å². The molecule has 1 N–H and O–H groups in total. The van der Waals surface area contributed by atoms with Crippen LogP contribution in [-0.4, -0.2) is 27.2 Å². The summed E-state index contributed by atoms with van der Waals surface area (Å²) in [6.45, 7) is 1.22. The lowest BCUT2D eigenvalue weighted by molar-refractivity contribution is 0.0953. The molecular weight excluding hydrogens is 340 g/mol. The number of carbonyl (C=O) groups excluding carboxylic acids is 1. The van der Waals surface area contributed by atoms with Gasteiger partial charge in [0.15, 0.2) is 11.5 Å². The molecule has 27 heavy (non-hydrogen) atoms. The van der Waals surface area contributed by atoms with E-state index in [2.05, 4.69) is 15.4 Å². The van der Waals surface area contributed by atoms with E-state index in [-0.39, 0.29) is 5.91 Å². The summed E-state index contributed by atoms with van der Waals surface area (Å²) in [5.74, 6) is 0.626. The predicted molar refractivity (Wildman–Crippen MR) is 102 cm³/mol. The average molecular weight is 360 g/mol. The third kappa shape index (κ3) is 4.23. The molecule has 2 heterocycles. The fourth-order valence-corrected chi connectivity index (χ4v) is 2.96. The normalized spacial score (nSPS) is 11.0. The van der Waals surface area contributed by atoms with Crippen LogP contribution >= 0.6 is 0 Å². The zero-order valence-corrected chi connectivity index (χ0v) is 14.8. The highest BCUT2D eigenvalue weighted by Crippen LogP contribution is 2.15. The molecule has 4 aromatic rings. The second-order valence-electron chi connectivity index (χ2n) is 6.34. The van der Waals surface area contributed by atoms with Crippen LogP contribution in [-0.2, 0) is 13.0 Å². The molecule has 2 aromatic heterocycles. The van der Waals surface area contributed by atoms with Gasteiger partial charge < -0.3 is 9.73 Å². The van der Waals surface area contributed by atoms with Crippen LogP contribution in [0.3, 0.4) is 0 Å². The van der Waals surface area contributed by atoms with Crippen molar-refractivity contribution in [2.75, 3.05) is 6.54 Å². The number of aromatic nitrogens is 3. The molecule has 0 saturated carbocycles. The van der Waals surface area contributed by atoms with Gasteiger partial charge in [0.1, 0.15) is 5.52 Å². The number of rotatable bonds is 7. The van der Waals surface area contributed by atoms with Crippen molar-refractivity contribution >= 4 is 17.0 Å². The van der Waals surface area contributed by atoms with E-state index in [1.807, 2.05) is 65.5 Å². The molecule has 0 aliphatic carbocycles. The highest BCUT2D eigenvalue weighted by molar-refractivity contribution is 5.94. The highest BCUT2D eigenvalue weighted by atomic mass is 16.3. The van der Waals surface area contributed by atoms with Crippen molar-refractivity contribution < 1.29 is 9.21 Å². The standard InChI is InChI=1S/C21H20N4O2/c26-21(17-7-3-6-16(14-17)15-25-13-5-12-23-25)22-11-4-10-20-24-18-8-1-2-9-19(18)27-20/h1-3,5-9,12-14H,4,10-11,15H2,(H,22,26). The van der Waals surface area contributed by atoms with E-state index in [0.717, 1.165) is 23.1 Å². The summed E-state index contributed by atoms with van der Waals surface area (Å²) < 4.78 is 7.52. The fourth-order valence-electron chi connectivity index (χ4n) is 2.96. The molecule has 0 radical (unpaired) electrons. The van der Waals surface area contributed by atoms with Gasteiger partial charge in [-0.25, -0.2) is 4.98 Å². The van der Waals surface area contributed by atoms with E-state index in [4.69, 9.17) is 4.42 Å². The van der Waals surface area contributed by atoms with Gasteiger partial charge in [-0.2, -0.15) is 5.10 Å². The van der Waals surface area contributed by atoms with Crippen LogP contribution in [0.5, 0.6) is 0 Å². The summed E-state index contributed by atoms with van der Waals surface area (Å²) >= 11 is 0. The predicted octanol–water partition coefficient (Wildman–Crippen LogP) is 3.44. The van der Waals surface area contributed by atoms with E-state index in [9.17, 15) is 4.79 Å². The Balaban J connectivity index is 1.29.